The number of likely N-dealkylation sites (tertiary alicyclic amines) is 1. The zero-order chi connectivity index (χ0) is 16.8. The van der Waals surface area contributed by atoms with Crippen LogP contribution in [-0.4, -0.2) is 44.7 Å². The fraction of sp³-hybridized carbons (Fsp3) is 0.846. The number of alkyl halides is 3. The van der Waals surface area contributed by atoms with Gasteiger partial charge in [0.05, 0.1) is 0 Å². The first-order chi connectivity index (χ1) is 9.92. The molecule has 1 saturated heterocycles. The zero-order valence-corrected chi connectivity index (χ0v) is 12.8. The molecule has 1 fully saturated rings. The molecule has 9 heteroatoms. The third-order valence-corrected chi connectivity index (χ3v) is 3.79. The zero-order valence-electron chi connectivity index (χ0n) is 12.8. The van der Waals surface area contributed by atoms with Crippen molar-refractivity contribution in [3.63, 3.8) is 0 Å². The minimum atomic E-state index is -4.64. The molecule has 2 heterocycles. The minimum absolute atomic E-state index is 0.0279. The Labute approximate surface area is 125 Å². The van der Waals surface area contributed by atoms with E-state index < -0.39 is 35.8 Å². The smallest absolute Gasteiger partial charge is 0.392 e. The Morgan fingerprint density at radius 3 is 2.23 bits per heavy atom. The summed E-state index contributed by atoms with van der Waals surface area (Å²) in [6, 6.07) is 0. The number of nitrogens with zero attached hydrogens (tertiary/aromatic N) is 3. The highest BCUT2D eigenvalue weighted by Gasteiger charge is 2.54. The average molecular weight is 323 g/mol. The quantitative estimate of drug-likeness (QED) is 0.893. The summed E-state index contributed by atoms with van der Waals surface area (Å²) in [6.07, 6.45) is -5.48. The predicted octanol–water partition coefficient (Wildman–Crippen LogP) is 1.48. The van der Waals surface area contributed by atoms with Crippen LogP contribution in [0, 0.1) is 0 Å². The topological polar surface area (TPSA) is 71.5 Å². The Balaban J connectivity index is 2.03. The average Bonchev–Trinajstić information content (AvgIpc) is 2.72. The van der Waals surface area contributed by atoms with Crippen LogP contribution < -0.4 is 5.76 Å². The summed E-state index contributed by atoms with van der Waals surface area (Å²) in [7, 11) is 0. The highest BCUT2D eigenvalue weighted by Crippen LogP contribution is 2.38. The second kappa shape index (κ2) is 5.38. The molecule has 1 aromatic heterocycles. The summed E-state index contributed by atoms with van der Waals surface area (Å²) in [4.78, 5) is 13.4. The molecule has 0 spiro atoms. The molecule has 0 saturated carbocycles. The number of aromatic nitrogens is 2. The van der Waals surface area contributed by atoms with Crippen LogP contribution in [0.25, 0.3) is 0 Å². The first-order valence-electron chi connectivity index (χ1n) is 7.02. The van der Waals surface area contributed by atoms with E-state index in [1.807, 2.05) is 20.8 Å². The molecule has 0 bridgehead atoms. The van der Waals surface area contributed by atoms with Crippen LogP contribution >= 0.6 is 0 Å². The van der Waals surface area contributed by atoms with Crippen molar-refractivity contribution < 1.29 is 22.7 Å². The Kier molecular flexibility index (Phi) is 4.16. The fourth-order valence-corrected chi connectivity index (χ4v) is 2.24. The van der Waals surface area contributed by atoms with Crippen molar-refractivity contribution in [1.29, 1.82) is 0 Å². The van der Waals surface area contributed by atoms with Gasteiger partial charge in [-0.2, -0.15) is 17.9 Å². The molecule has 0 atom stereocenters. The van der Waals surface area contributed by atoms with Crippen LogP contribution in [0.3, 0.4) is 0 Å². The minimum Gasteiger partial charge on any atom is -0.392 e. The molecule has 1 aromatic rings. The second-order valence-corrected chi connectivity index (χ2v) is 6.71. The van der Waals surface area contributed by atoms with Gasteiger partial charge < -0.3 is 9.52 Å². The first kappa shape index (κ1) is 17.0. The van der Waals surface area contributed by atoms with E-state index in [1.165, 1.54) is 0 Å². The summed E-state index contributed by atoms with van der Waals surface area (Å²) in [5.41, 5.74) is -3.07. The standard InChI is InChI=1S/C13H20F3N3O3/c1-11(2,3)9-17-19(10(20)22-9)8-18-6-4-12(21,5-7-18)13(14,15)16/h21H,4-8H2,1-3H3. The number of hydrogen-bond acceptors (Lipinski definition) is 5. The monoisotopic (exact) mass is 323 g/mol. The van der Waals surface area contributed by atoms with E-state index in [1.54, 1.807) is 4.90 Å². The van der Waals surface area contributed by atoms with E-state index in [0.29, 0.717) is 0 Å². The molecular weight excluding hydrogens is 303 g/mol. The maximum absolute atomic E-state index is 12.7. The molecule has 0 amide bonds. The van der Waals surface area contributed by atoms with Crippen LogP contribution in [0.2, 0.25) is 0 Å². The lowest BCUT2D eigenvalue weighted by atomic mass is 9.91. The Hall–Kier alpha value is -1.35. The largest absolute Gasteiger partial charge is 0.438 e. The number of piperidine rings is 1. The fourth-order valence-electron chi connectivity index (χ4n) is 2.24. The molecule has 126 valence electrons. The van der Waals surface area contributed by atoms with Gasteiger partial charge in [0.25, 0.3) is 0 Å². The molecule has 0 aliphatic carbocycles. The van der Waals surface area contributed by atoms with Crippen LogP contribution in [0.4, 0.5) is 13.2 Å². The Bertz CT molecular complexity index is 578. The van der Waals surface area contributed by atoms with E-state index in [4.69, 9.17) is 4.42 Å². The molecule has 1 aliphatic heterocycles. The Morgan fingerprint density at radius 1 is 1.27 bits per heavy atom. The van der Waals surface area contributed by atoms with Crippen LogP contribution in [0.5, 0.6) is 0 Å². The summed E-state index contributed by atoms with van der Waals surface area (Å²) in [6.45, 7) is 5.62. The van der Waals surface area contributed by atoms with Gasteiger partial charge in [0.2, 0.25) is 5.89 Å². The molecule has 0 radical (unpaired) electrons. The summed E-state index contributed by atoms with van der Waals surface area (Å²) >= 11 is 0. The molecule has 6 nitrogen and oxygen atoms in total. The van der Waals surface area contributed by atoms with Crippen molar-refractivity contribution in [3.05, 3.63) is 16.4 Å². The van der Waals surface area contributed by atoms with Gasteiger partial charge in [-0.05, 0) is 12.8 Å². The van der Waals surface area contributed by atoms with E-state index >= 15 is 0 Å². The summed E-state index contributed by atoms with van der Waals surface area (Å²) < 4.78 is 44.3. The molecule has 2 rings (SSSR count). The molecule has 22 heavy (non-hydrogen) atoms. The van der Waals surface area contributed by atoms with Gasteiger partial charge in [0.15, 0.2) is 5.60 Å². The van der Waals surface area contributed by atoms with Crippen molar-refractivity contribution in [2.75, 3.05) is 13.1 Å². The van der Waals surface area contributed by atoms with Crippen LogP contribution in [0.15, 0.2) is 9.21 Å². The van der Waals surface area contributed by atoms with E-state index in [-0.39, 0.29) is 25.6 Å². The molecular formula is C13H20F3N3O3. The van der Waals surface area contributed by atoms with Crippen molar-refractivity contribution >= 4 is 0 Å². The molecule has 0 aromatic carbocycles. The highest BCUT2D eigenvalue weighted by molar-refractivity contribution is 4.94. The summed E-state index contributed by atoms with van der Waals surface area (Å²) in [5, 5.41) is 13.7. The third kappa shape index (κ3) is 3.35. The maximum atomic E-state index is 12.7. The van der Waals surface area contributed by atoms with E-state index in [2.05, 4.69) is 5.10 Å². The third-order valence-electron chi connectivity index (χ3n) is 3.79. The van der Waals surface area contributed by atoms with Crippen molar-refractivity contribution in [2.24, 2.45) is 0 Å². The predicted molar refractivity (Wildman–Crippen MR) is 71.3 cm³/mol. The van der Waals surface area contributed by atoms with Crippen molar-refractivity contribution in [2.45, 2.75) is 57.5 Å². The normalized spacial score (nSPS) is 20.3. The SMILES string of the molecule is CC(C)(C)c1nn(CN2CCC(O)(C(F)(F)F)CC2)c(=O)o1. The first-order valence-corrected chi connectivity index (χ1v) is 7.02. The van der Waals surface area contributed by atoms with E-state index in [9.17, 15) is 23.1 Å². The van der Waals surface area contributed by atoms with Gasteiger partial charge in [-0.1, -0.05) is 20.8 Å². The number of aliphatic hydroxyl groups is 1. The highest BCUT2D eigenvalue weighted by atomic mass is 19.4. The Morgan fingerprint density at radius 2 is 1.82 bits per heavy atom. The van der Waals surface area contributed by atoms with Crippen LogP contribution in [0.1, 0.15) is 39.5 Å². The molecule has 0 unspecified atom stereocenters. The lowest BCUT2D eigenvalue weighted by Gasteiger charge is -2.38. The molecule has 1 N–H and O–H groups in total. The number of halogens is 3. The molecule has 1 aliphatic rings. The maximum Gasteiger partial charge on any atom is 0.438 e. The number of rotatable bonds is 2. The van der Waals surface area contributed by atoms with E-state index in [0.717, 1.165) is 4.68 Å². The van der Waals surface area contributed by atoms with Gasteiger partial charge in [-0.15, -0.1) is 5.10 Å². The van der Waals surface area contributed by atoms with Crippen molar-refractivity contribution in [3.8, 4) is 0 Å². The van der Waals surface area contributed by atoms with Crippen molar-refractivity contribution in [1.82, 2.24) is 14.7 Å². The lowest BCUT2D eigenvalue weighted by molar-refractivity contribution is -0.273. The van der Waals surface area contributed by atoms with Gasteiger partial charge in [0.1, 0.15) is 6.67 Å². The van der Waals surface area contributed by atoms with Gasteiger partial charge in [-0.25, -0.2) is 4.79 Å². The van der Waals surface area contributed by atoms with Crippen LogP contribution in [-0.2, 0) is 12.1 Å². The summed E-state index contributed by atoms with van der Waals surface area (Å²) in [5.74, 6) is -0.358. The lowest BCUT2D eigenvalue weighted by Crippen LogP contribution is -2.53. The number of hydrogen-bond donors (Lipinski definition) is 1. The van der Waals surface area contributed by atoms with Gasteiger partial charge in [-0.3, -0.25) is 4.90 Å². The van der Waals surface area contributed by atoms with Gasteiger partial charge in [0, 0.05) is 18.5 Å². The second-order valence-electron chi connectivity index (χ2n) is 6.71. The van der Waals surface area contributed by atoms with Gasteiger partial charge >= 0.3 is 11.9 Å².